The Morgan fingerprint density at radius 2 is 1.61 bits per heavy atom. The first kappa shape index (κ1) is 42.2. The molecule has 15 heteroatoms. The fraction of sp³-hybridized carbons (Fsp3) is 0.500. The van der Waals surface area contributed by atoms with Gasteiger partial charge in [-0.3, -0.25) is 39.1 Å². The van der Waals surface area contributed by atoms with Crippen molar-refractivity contribution in [3.8, 4) is 11.8 Å². The van der Waals surface area contributed by atoms with Crippen molar-refractivity contribution in [1.82, 2.24) is 25.4 Å². The summed E-state index contributed by atoms with van der Waals surface area (Å²) in [5.74, 6) is -0.211. The van der Waals surface area contributed by atoms with Crippen LogP contribution in [0.1, 0.15) is 104 Å². The Morgan fingerprint density at radius 3 is 2.23 bits per heavy atom. The molecule has 3 atom stereocenters. The molecule has 3 unspecified atom stereocenters. The van der Waals surface area contributed by atoms with Gasteiger partial charge in [-0.05, 0) is 81.5 Å². The van der Waals surface area contributed by atoms with Crippen molar-refractivity contribution < 1.29 is 28.7 Å². The van der Waals surface area contributed by atoms with Crippen LogP contribution in [0.2, 0.25) is 5.02 Å². The Morgan fingerprint density at radius 1 is 0.918 bits per heavy atom. The van der Waals surface area contributed by atoms with Crippen molar-refractivity contribution in [2.75, 3.05) is 42.5 Å². The molecule has 5 amide bonds. The zero-order valence-corrected chi connectivity index (χ0v) is 36.3. The maximum Gasteiger partial charge on any atom is 0.262 e. The molecule has 320 valence electrons. The zero-order valence-electron chi connectivity index (χ0n) is 35.5. The summed E-state index contributed by atoms with van der Waals surface area (Å²) < 4.78 is 6.38. The average molecular weight is 849 g/mol. The lowest BCUT2D eigenvalue weighted by molar-refractivity contribution is -0.164. The molecule has 2 N–H and O–H groups in total. The number of fused-ring (bicyclic) bond motifs is 1. The van der Waals surface area contributed by atoms with Crippen LogP contribution in [-0.2, 0) is 9.59 Å². The van der Waals surface area contributed by atoms with Gasteiger partial charge in [-0.25, -0.2) is 4.98 Å². The summed E-state index contributed by atoms with van der Waals surface area (Å²) in [5.41, 5.74) is 1.59. The number of nitrogens with zero attached hydrogens (tertiary/aromatic N) is 6. The van der Waals surface area contributed by atoms with Crippen molar-refractivity contribution >= 4 is 52.6 Å². The molecule has 5 heterocycles. The second-order valence-corrected chi connectivity index (χ2v) is 19.0. The van der Waals surface area contributed by atoms with Gasteiger partial charge in [0.1, 0.15) is 29.8 Å². The molecule has 2 aromatic carbocycles. The number of benzene rings is 2. The lowest BCUT2D eigenvalue weighted by Crippen LogP contribution is -2.74. The number of piperazine rings is 1. The number of hydrogen-bond acceptors (Lipinski definition) is 11. The number of rotatable bonds is 9. The average Bonchev–Trinajstić information content (AvgIpc) is 3.48. The molecule has 5 aliphatic rings. The summed E-state index contributed by atoms with van der Waals surface area (Å²) in [5, 5.41) is 15.1. The number of imide groups is 2. The molecule has 0 spiro atoms. The first-order valence-electron chi connectivity index (χ1n) is 21.2. The third kappa shape index (κ3) is 7.71. The molecule has 4 fully saturated rings. The van der Waals surface area contributed by atoms with Gasteiger partial charge < -0.3 is 19.9 Å². The molecule has 4 aliphatic heterocycles. The van der Waals surface area contributed by atoms with Gasteiger partial charge in [-0.1, -0.05) is 39.3 Å². The number of nitriles is 1. The summed E-state index contributed by atoms with van der Waals surface area (Å²) in [6, 6.07) is 15.6. The Balaban J connectivity index is 0.818. The molecular formula is C46H53ClN8O6. The number of amides is 5. The third-order valence-electron chi connectivity index (χ3n) is 13.7. The van der Waals surface area contributed by atoms with E-state index in [2.05, 4.69) is 72.9 Å². The van der Waals surface area contributed by atoms with E-state index in [1.54, 1.807) is 36.5 Å². The molecule has 1 aliphatic carbocycles. The largest absolute Gasteiger partial charge is 0.489 e. The molecule has 3 saturated heterocycles. The highest BCUT2D eigenvalue weighted by atomic mass is 35.5. The molecule has 0 radical (unpaired) electrons. The van der Waals surface area contributed by atoms with Gasteiger partial charge in [0, 0.05) is 86.1 Å². The smallest absolute Gasteiger partial charge is 0.262 e. The molecule has 14 nitrogen and oxygen atoms in total. The SMILES string of the molecule is CC1CN(c2ccc3c(c2)C(=O)N(C2CCC(=O)NC2=O)C3=O)CC(C)N1CC1CCN(c2ccc(C(=O)NC3C(C)(C)C(Oc4ccc(C#N)c(Cl)c4)C3(C)C)cn2)CC1. The van der Waals surface area contributed by atoms with Gasteiger partial charge in [-0.2, -0.15) is 5.26 Å². The predicted octanol–water partition coefficient (Wildman–Crippen LogP) is 5.44. The highest BCUT2D eigenvalue weighted by molar-refractivity contribution is 6.31. The molecule has 0 bridgehead atoms. The molecular weight excluding hydrogens is 796 g/mol. The first-order chi connectivity index (χ1) is 29.0. The molecule has 3 aromatic rings. The molecule has 1 aromatic heterocycles. The van der Waals surface area contributed by atoms with E-state index in [0.29, 0.717) is 33.4 Å². The molecule has 1 saturated carbocycles. The Bertz CT molecular complexity index is 2290. The summed E-state index contributed by atoms with van der Waals surface area (Å²) in [6.45, 7) is 17.1. The number of aromatic nitrogens is 1. The monoisotopic (exact) mass is 848 g/mol. The number of hydrogen-bond donors (Lipinski definition) is 2. The van der Waals surface area contributed by atoms with Crippen LogP contribution in [0.5, 0.6) is 5.75 Å². The predicted molar refractivity (Wildman–Crippen MR) is 230 cm³/mol. The normalized spacial score (nSPS) is 26.3. The van der Waals surface area contributed by atoms with Crippen molar-refractivity contribution in [3.63, 3.8) is 0 Å². The van der Waals surface area contributed by atoms with E-state index in [9.17, 15) is 29.2 Å². The van der Waals surface area contributed by atoms with Gasteiger partial charge in [0.25, 0.3) is 17.7 Å². The Hall–Kier alpha value is -5.52. The van der Waals surface area contributed by atoms with Crippen molar-refractivity contribution in [2.45, 2.75) is 97.5 Å². The summed E-state index contributed by atoms with van der Waals surface area (Å²) in [4.78, 5) is 77.3. The summed E-state index contributed by atoms with van der Waals surface area (Å²) in [7, 11) is 0. The minimum atomic E-state index is -0.988. The van der Waals surface area contributed by atoms with Gasteiger partial charge >= 0.3 is 0 Å². The van der Waals surface area contributed by atoms with Gasteiger partial charge in [0.2, 0.25) is 11.8 Å². The topological polar surface area (TPSA) is 168 Å². The Kier molecular flexibility index (Phi) is 11.1. The number of ether oxygens (including phenoxy) is 1. The number of piperidine rings is 2. The minimum absolute atomic E-state index is 0.0832. The van der Waals surface area contributed by atoms with E-state index in [4.69, 9.17) is 21.3 Å². The minimum Gasteiger partial charge on any atom is -0.489 e. The standard InChI is InChI=1S/C46H53ClN8O6/c1-26-23-53(31-9-11-33-34(19-31)42(60)55(41(33)59)36-12-14-38(56)50-40(36)58)24-27(2)54(26)25-28-15-17-52(18-16-28)37-13-8-30(22-49-37)39(57)51-43-45(3,4)44(46(43,5)6)61-32-10-7-29(21-48)35(47)20-32/h7-11,13,19-20,22,26-28,36,43-44H,12,14-18,23-25H2,1-6H3,(H,51,57)(H,50,56,58). The maximum absolute atomic E-state index is 13.5. The number of anilines is 2. The van der Waals surface area contributed by atoms with Gasteiger partial charge in [0.15, 0.2) is 0 Å². The van der Waals surface area contributed by atoms with Crippen LogP contribution in [0.25, 0.3) is 0 Å². The second-order valence-electron chi connectivity index (χ2n) is 18.6. The van der Waals surface area contributed by atoms with Crippen LogP contribution in [0.4, 0.5) is 11.5 Å². The fourth-order valence-electron chi connectivity index (χ4n) is 10.7. The first-order valence-corrected chi connectivity index (χ1v) is 21.6. The van der Waals surface area contributed by atoms with E-state index in [0.717, 1.165) is 62.0 Å². The lowest BCUT2D eigenvalue weighted by Gasteiger charge is -2.63. The van der Waals surface area contributed by atoms with Crippen molar-refractivity contribution in [3.05, 3.63) is 82.0 Å². The fourth-order valence-corrected chi connectivity index (χ4v) is 11.0. The van der Waals surface area contributed by atoms with E-state index >= 15 is 0 Å². The number of carbonyl (C=O) groups excluding carboxylic acids is 5. The van der Waals surface area contributed by atoms with Gasteiger partial charge in [-0.15, -0.1) is 0 Å². The second kappa shape index (κ2) is 16.1. The number of halogens is 1. The number of pyridine rings is 1. The van der Waals surface area contributed by atoms with Crippen LogP contribution in [0, 0.1) is 28.1 Å². The zero-order chi connectivity index (χ0) is 43.5. The van der Waals surface area contributed by atoms with Crippen molar-refractivity contribution in [2.24, 2.45) is 16.7 Å². The Labute approximate surface area is 361 Å². The van der Waals surface area contributed by atoms with E-state index in [-0.39, 0.29) is 59.4 Å². The van der Waals surface area contributed by atoms with Crippen LogP contribution in [-0.4, -0.2) is 107 Å². The summed E-state index contributed by atoms with van der Waals surface area (Å²) in [6.07, 6.45) is 3.72. The maximum atomic E-state index is 13.5. The highest BCUT2D eigenvalue weighted by Crippen LogP contribution is 2.55. The lowest BCUT2D eigenvalue weighted by atomic mass is 9.49. The van der Waals surface area contributed by atoms with Crippen LogP contribution >= 0.6 is 11.6 Å². The third-order valence-corrected chi connectivity index (χ3v) is 14.1. The molecule has 8 rings (SSSR count). The number of nitrogens with one attached hydrogen (secondary N) is 2. The van der Waals surface area contributed by atoms with Crippen LogP contribution < -0.4 is 25.2 Å². The highest BCUT2D eigenvalue weighted by Gasteiger charge is 2.64. The quantitative estimate of drug-likeness (QED) is 0.264. The van der Waals surface area contributed by atoms with Crippen LogP contribution in [0.3, 0.4) is 0 Å². The van der Waals surface area contributed by atoms with Gasteiger partial charge in [0.05, 0.1) is 27.3 Å². The van der Waals surface area contributed by atoms with E-state index in [1.807, 2.05) is 18.2 Å². The van der Waals surface area contributed by atoms with E-state index in [1.165, 1.54) is 0 Å². The van der Waals surface area contributed by atoms with E-state index < -0.39 is 29.7 Å². The number of carbonyl (C=O) groups is 5. The molecule has 61 heavy (non-hydrogen) atoms. The van der Waals surface area contributed by atoms with Crippen molar-refractivity contribution in [1.29, 1.82) is 5.26 Å². The summed E-state index contributed by atoms with van der Waals surface area (Å²) >= 11 is 6.26. The van der Waals surface area contributed by atoms with Crippen LogP contribution in [0.15, 0.2) is 54.7 Å².